The number of hydrogen-bond donors (Lipinski definition) is 0. The number of aliphatic imine (C=N–C) groups is 1. The Labute approximate surface area is 111 Å². The lowest BCUT2D eigenvalue weighted by Crippen LogP contribution is -2.17. The van der Waals surface area contributed by atoms with E-state index in [9.17, 15) is 10.1 Å². The lowest BCUT2D eigenvalue weighted by molar-refractivity contribution is -0.463. The van der Waals surface area contributed by atoms with E-state index in [0.717, 1.165) is 5.56 Å². The van der Waals surface area contributed by atoms with Crippen molar-refractivity contribution in [2.24, 2.45) is 10.9 Å². The first-order chi connectivity index (χ1) is 8.47. The summed E-state index contributed by atoms with van der Waals surface area (Å²) in [4.78, 5) is 18.5. The fourth-order valence-corrected chi connectivity index (χ4v) is 1.48. The van der Waals surface area contributed by atoms with Crippen LogP contribution in [0, 0.1) is 16.0 Å². The zero-order valence-corrected chi connectivity index (χ0v) is 11.2. The van der Waals surface area contributed by atoms with Gasteiger partial charge in [0.05, 0.1) is 5.71 Å². The summed E-state index contributed by atoms with van der Waals surface area (Å²) >= 11 is 5.69. The van der Waals surface area contributed by atoms with Crippen LogP contribution >= 0.6 is 11.6 Å². The van der Waals surface area contributed by atoms with Gasteiger partial charge in [0.25, 0.3) is 0 Å². The molecule has 1 heterocycles. The number of nitrogens with zero attached hydrogens (tertiary/aromatic N) is 3. The average Bonchev–Trinajstić information content (AvgIpc) is 2.28. The van der Waals surface area contributed by atoms with Crippen LogP contribution < -0.4 is 0 Å². The molecule has 0 saturated carbocycles. The third-order valence-corrected chi connectivity index (χ3v) is 2.41. The summed E-state index contributed by atoms with van der Waals surface area (Å²) in [7, 11) is 0. The smallest absolute Gasteiger partial charge is 0.241 e. The Morgan fingerprint density at radius 2 is 2.28 bits per heavy atom. The third-order valence-electron chi connectivity index (χ3n) is 2.19. The molecule has 0 fully saturated rings. The van der Waals surface area contributed by atoms with E-state index in [0.29, 0.717) is 29.7 Å². The Morgan fingerprint density at radius 3 is 2.78 bits per heavy atom. The van der Waals surface area contributed by atoms with Gasteiger partial charge in [-0.1, -0.05) is 31.5 Å². The summed E-state index contributed by atoms with van der Waals surface area (Å²) in [5.41, 5.74) is 1.45. The van der Waals surface area contributed by atoms with Crippen LogP contribution in [0.4, 0.5) is 0 Å². The van der Waals surface area contributed by atoms with Crippen molar-refractivity contribution in [2.75, 3.05) is 13.1 Å². The van der Waals surface area contributed by atoms with Gasteiger partial charge in [-0.05, 0) is 17.5 Å². The minimum Gasteiger partial charge on any atom is -0.287 e. The van der Waals surface area contributed by atoms with Crippen LogP contribution in [0.2, 0.25) is 5.15 Å². The summed E-state index contributed by atoms with van der Waals surface area (Å²) in [6.45, 7) is 4.42. The summed E-state index contributed by atoms with van der Waals surface area (Å²) in [5, 5.41) is 11.0. The van der Waals surface area contributed by atoms with Crippen LogP contribution in [0.5, 0.6) is 0 Å². The fraction of sp³-hybridized carbons (Fsp3) is 0.500. The first-order valence-electron chi connectivity index (χ1n) is 5.71. The van der Waals surface area contributed by atoms with Gasteiger partial charge in [-0.15, -0.1) is 0 Å². The number of pyridine rings is 1. The second kappa shape index (κ2) is 7.06. The SMILES string of the molecule is CC(C)CN=C(Cc1ccc(Cl)nc1)C[N+](=O)[O-]. The molecule has 0 aliphatic heterocycles. The van der Waals surface area contributed by atoms with E-state index in [1.807, 2.05) is 13.8 Å². The average molecular weight is 270 g/mol. The highest BCUT2D eigenvalue weighted by Gasteiger charge is 2.09. The highest BCUT2D eigenvalue weighted by molar-refractivity contribution is 6.29. The molecule has 0 amide bonds. The molecule has 0 unspecified atom stereocenters. The molecule has 0 N–H and O–H groups in total. The largest absolute Gasteiger partial charge is 0.287 e. The number of hydrogen-bond acceptors (Lipinski definition) is 4. The van der Waals surface area contributed by atoms with Gasteiger partial charge in [0.2, 0.25) is 6.54 Å². The van der Waals surface area contributed by atoms with Gasteiger partial charge in [-0.2, -0.15) is 0 Å². The molecule has 1 aromatic heterocycles. The summed E-state index contributed by atoms with van der Waals surface area (Å²) in [5.74, 6) is 0.384. The van der Waals surface area contributed by atoms with E-state index >= 15 is 0 Å². The minimum atomic E-state index is -0.359. The molecule has 5 nitrogen and oxygen atoms in total. The van der Waals surface area contributed by atoms with Gasteiger partial charge in [0.15, 0.2) is 0 Å². The first-order valence-corrected chi connectivity index (χ1v) is 6.09. The number of halogens is 1. The second-order valence-corrected chi connectivity index (χ2v) is 4.84. The maximum Gasteiger partial charge on any atom is 0.241 e. The normalized spacial score (nSPS) is 11.9. The molecule has 0 spiro atoms. The van der Waals surface area contributed by atoms with E-state index in [1.54, 1.807) is 18.3 Å². The lowest BCUT2D eigenvalue weighted by Gasteiger charge is -2.05. The van der Waals surface area contributed by atoms with Gasteiger partial charge in [0, 0.05) is 24.1 Å². The molecule has 98 valence electrons. The van der Waals surface area contributed by atoms with Crippen LogP contribution in [0.15, 0.2) is 23.3 Å². The minimum absolute atomic E-state index is 0.227. The fourth-order valence-electron chi connectivity index (χ4n) is 1.37. The summed E-state index contributed by atoms with van der Waals surface area (Å²) in [6, 6.07) is 3.48. The highest BCUT2D eigenvalue weighted by Crippen LogP contribution is 2.07. The first kappa shape index (κ1) is 14.6. The van der Waals surface area contributed by atoms with Crippen molar-refractivity contribution < 1.29 is 4.92 Å². The van der Waals surface area contributed by atoms with Crippen LogP contribution in [-0.2, 0) is 6.42 Å². The number of rotatable bonds is 6. The molecule has 1 aromatic rings. The number of aromatic nitrogens is 1. The Morgan fingerprint density at radius 1 is 1.56 bits per heavy atom. The van der Waals surface area contributed by atoms with Gasteiger partial charge in [-0.25, -0.2) is 4.98 Å². The van der Waals surface area contributed by atoms with Crippen molar-refractivity contribution in [3.63, 3.8) is 0 Å². The molecule has 1 rings (SSSR count). The van der Waals surface area contributed by atoms with Gasteiger partial charge in [-0.3, -0.25) is 15.1 Å². The Balaban J connectivity index is 2.74. The van der Waals surface area contributed by atoms with Gasteiger partial charge < -0.3 is 0 Å². The molecular weight excluding hydrogens is 254 g/mol. The molecule has 0 aromatic carbocycles. The molecule has 0 radical (unpaired) electrons. The summed E-state index contributed by atoms with van der Waals surface area (Å²) < 4.78 is 0. The molecule has 0 saturated heterocycles. The lowest BCUT2D eigenvalue weighted by atomic mass is 10.1. The predicted octanol–water partition coefficient (Wildman–Crippen LogP) is 2.65. The summed E-state index contributed by atoms with van der Waals surface area (Å²) in [6.07, 6.45) is 2.06. The van der Waals surface area contributed by atoms with Crippen LogP contribution in [0.25, 0.3) is 0 Å². The van der Waals surface area contributed by atoms with E-state index < -0.39 is 0 Å². The van der Waals surface area contributed by atoms with Crippen molar-refractivity contribution in [2.45, 2.75) is 20.3 Å². The Bertz CT molecular complexity index is 429. The Hall–Kier alpha value is -1.49. The molecule has 6 heteroatoms. The number of nitro groups is 1. The molecule has 0 bridgehead atoms. The van der Waals surface area contributed by atoms with Crippen molar-refractivity contribution in [1.82, 2.24) is 4.98 Å². The zero-order valence-electron chi connectivity index (χ0n) is 10.5. The highest BCUT2D eigenvalue weighted by atomic mass is 35.5. The topological polar surface area (TPSA) is 68.4 Å². The van der Waals surface area contributed by atoms with Crippen molar-refractivity contribution in [1.29, 1.82) is 0 Å². The maximum atomic E-state index is 10.6. The molecule has 0 aliphatic rings. The molecule has 0 atom stereocenters. The second-order valence-electron chi connectivity index (χ2n) is 4.46. The van der Waals surface area contributed by atoms with E-state index in [2.05, 4.69) is 9.98 Å². The van der Waals surface area contributed by atoms with Crippen LogP contribution in [0.1, 0.15) is 19.4 Å². The van der Waals surface area contributed by atoms with Crippen LogP contribution in [-0.4, -0.2) is 28.7 Å². The molecule has 0 aliphatic carbocycles. The quantitative estimate of drug-likeness (QED) is 0.345. The monoisotopic (exact) mass is 269 g/mol. The van der Waals surface area contributed by atoms with E-state index in [-0.39, 0.29) is 11.5 Å². The zero-order chi connectivity index (χ0) is 13.5. The molecular formula is C12H16ClN3O2. The van der Waals surface area contributed by atoms with Crippen LogP contribution in [0.3, 0.4) is 0 Å². The standard InChI is InChI=1S/C12H16ClN3O2/c1-9(2)6-14-11(8-16(17)18)5-10-3-4-12(13)15-7-10/h3-4,7,9H,5-6,8H2,1-2H3. The maximum absolute atomic E-state index is 10.6. The Kier molecular flexibility index (Phi) is 5.71. The van der Waals surface area contributed by atoms with Crippen molar-refractivity contribution in [3.8, 4) is 0 Å². The molecule has 18 heavy (non-hydrogen) atoms. The van der Waals surface area contributed by atoms with E-state index in [4.69, 9.17) is 11.6 Å². The third kappa shape index (κ3) is 5.72. The van der Waals surface area contributed by atoms with E-state index in [1.165, 1.54) is 0 Å². The van der Waals surface area contributed by atoms with Gasteiger partial charge in [0.1, 0.15) is 5.15 Å². The predicted molar refractivity (Wildman–Crippen MR) is 72.0 cm³/mol. The van der Waals surface area contributed by atoms with Gasteiger partial charge >= 0.3 is 0 Å². The van der Waals surface area contributed by atoms with Crippen molar-refractivity contribution >= 4 is 17.3 Å². The van der Waals surface area contributed by atoms with Crippen molar-refractivity contribution in [3.05, 3.63) is 39.2 Å².